The van der Waals surface area contributed by atoms with Crippen LogP contribution >= 0.6 is 0 Å². The zero-order valence-corrected chi connectivity index (χ0v) is 41.4. The van der Waals surface area contributed by atoms with Crippen LogP contribution < -0.4 is 14.7 Å². The van der Waals surface area contributed by atoms with Crippen molar-refractivity contribution < 1.29 is 0 Å². The zero-order chi connectivity index (χ0) is 50.1. The summed E-state index contributed by atoms with van der Waals surface area (Å²) in [5.74, 6) is 0. The highest BCUT2D eigenvalue weighted by atomic mass is 15.3. The first-order chi connectivity index (χ1) is 35.7. The highest BCUT2D eigenvalue weighted by molar-refractivity contribution is 5.97. The van der Waals surface area contributed by atoms with Gasteiger partial charge < -0.3 is 14.7 Å². The van der Waals surface area contributed by atoms with Crippen molar-refractivity contribution in [2.75, 3.05) is 14.7 Å². The van der Waals surface area contributed by atoms with Gasteiger partial charge in [0.25, 0.3) is 0 Å². The lowest BCUT2D eigenvalue weighted by molar-refractivity contribution is 0.403. The van der Waals surface area contributed by atoms with Gasteiger partial charge in [-0.05, 0) is 133 Å². The molecule has 0 saturated heterocycles. The third kappa shape index (κ3) is 8.28. The predicted octanol–water partition coefficient (Wildman–Crippen LogP) is 18.0. The van der Waals surface area contributed by atoms with Crippen LogP contribution in [0.1, 0.15) is 49.9 Å². The number of nitriles is 2. The molecule has 0 unspecified atom stereocenters. The van der Waals surface area contributed by atoms with Crippen LogP contribution in [-0.2, 0) is 11.1 Å². The second kappa shape index (κ2) is 19.1. The van der Waals surface area contributed by atoms with Crippen molar-refractivity contribution in [2.24, 2.45) is 0 Å². The lowest BCUT2D eigenvalue weighted by Crippen LogP contribution is -2.46. The standard InChI is InChI=1S/C68H53N5/c1-67(2)63-64(68(3,4)73(67)58-32-18-9-19-33-58)66(72(57-42-38-53(39-43-57)49-24-12-6-13-25-49)60-35-21-31-55(45-60)51-28-16-8-17-29-51)62(47-70)61(46-69)65(63)71(56-40-36-52(37-41-56)48-22-10-5-11-23-48)59-34-20-30-54(44-59)50-26-14-7-15-27-50/h5-45H,1-4H3. The Kier molecular flexibility index (Phi) is 12.0. The monoisotopic (exact) mass is 939 g/mol. The van der Waals surface area contributed by atoms with Crippen molar-refractivity contribution in [3.05, 3.63) is 271 Å². The largest absolute Gasteiger partial charge is 0.353 e. The van der Waals surface area contributed by atoms with Crippen molar-refractivity contribution in [3.63, 3.8) is 0 Å². The summed E-state index contributed by atoms with van der Waals surface area (Å²) in [6, 6.07) is 91.7. The van der Waals surface area contributed by atoms with Crippen LogP contribution in [0, 0.1) is 22.7 Å². The number of hydrogen-bond donors (Lipinski definition) is 0. The molecule has 0 spiro atoms. The first-order valence-corrected chi connectivity index (χ1v) is 24.8. The van der Waals surface area contributed by atoms with E-state index in [1.807, 2.05) is 30.3 Å². The maximum atomic E-state index is 12.1. The normalized spacial score (nSPS) is 13.1. The Hall–Kier alpha value is -9.42. The number of hydrogen-bond acceptors (Lipinski definition) is 5. The molecule has 1 aliphatic rings. The maximum absolute atomic E-state index is 12.1. The molecule has 0 N–H and O–H groups in total. The highest BCUT2D eigenvalue weighted by Gasteiger charge is 2.55. The van der Waals surface area contributed by atoms with Crippen LogP contribution in [0.25, 0.3) is 44.5 Å². The Morgan fingerprint density at radius 1 is 0.315 bits per heavy atom. The minimum atomic E-state index is -0.766. The molecule has 73 heavy (non-hydrogen) atoms. The van der Waals surface area contributed by atoms with Gasteiger partial charge in [-0.3, -0.25) is 0 Å². The van der Waals surface area contributed by atoms with E-state index in [1.165, 1.54) is 0 Å². The molecule has 0 radical (unpaired) electrons. The van der Waals surface area contributed by atoms with Gasteiger partial charge in [-0.2, -0.15) is 10.5 Å². The van der Waals surface area contributed by atoms with E-state index in [1.54, 1.807) is 0 Å². The summed E-state index contributed by atoms with van der Waals surface area (Å²) in [6.45, 7) is 9.06. The van der Waals surface area contributed by atoms with Gasteiger partial charge in [0.15, 0.2) is 0 Å². The van der Waals surface area contributed by atoms with E-state index in [-0.39, 0.29) is 11.1 Å². The molecule has 0 atom stereocenters. The fourth-order valence-corrected chi connectivity index (χ4v) is 11.3. The maximum Gasteiger partial charge on any atom is 0.103 e. The molecule has 350 valence electrons. The molecular weight excluding hydrogens is 887 g/mol. The second-order valence-corrected chi connectivity index (χ2v) is 19.5. The third-order valence-corrected chi connectivity index (χ3v) is 14.4. The van der Waals surface area contributed by atoms with Gasteiger partial charge in [0.1, 0.15) is 12.1 Å². The second-order valence-electron chi connectivity index (χ2n) is 19.5. The van der Waals surface area contributed by atoms with Gasteiger partial charge in [-0.25, -0.2) is 0 Å². The van der Waals surface area contributed by atoms with Gasteiger partial charge >= 0.3 is 0 Å². The Morgan fingerprint density at radius 2 is 0.603 bits per heavy atom. The summed E-state index contributed by atoms with van der Waals surface area (Å²) < 4.78 is 0. The van der Waals surface area contributed by atoms with Gasteiger partial charge in [-0.1, -0.05) is 188 Å². The zero-order valence-electron chi connectivity index (χ0n) is 41.4. The minimum absolute atomic E-state index is 0.289. The molecule has 5 nitrogen and oxygen atoms in total. The molecule has 1 aliphatic heterocycles. The molecule has 0 saturated carbocycles. The Bertz CT molecular complexity index is 3440. The molecule has 0 amide bonds. The molecule has 1 heterocycles. The molecule has 0 aliphatic carbocycles. The quantitative estimate of drug-likeness (QED) is 0.129. The minimum Gasteiger partial charge on any atom is -0.353 e. The smallest absolute Gasteiger partial charge is 0.103 e. The van der Waals surface area contributed by atoms with Crippen LogP contribution in [0.2, 0.25) is 0 Å². The van der Waals surface area contributed by atoms with Gasteiger partial charge in [0, 0.05) is 39.6 Å². The Balaban J connectivity index is 1.26. The van der Waals surface area contributed by atoms with E-state index >= 15 is 0 Å². The lowest BCUT2D eigenvalue weighted by atomic mass is 9.81. The predicted molar refractivity (Wildman–Crippen MR) is 302 cm³/mol. The van der Waals surface area contributed by atoms with E-state index in [0.29, 0.717) is 11.4 Å². The van der Waals surface area contributed by atoms with Crippen molar-refractivity contribution in [2.45, 2.75) is 38.8 Å². The summed E-state index contributed by atoms with van der Waals surface area (Å²) in [6.07, 6.45) is 0. The van der Waals surface area contributed by atoms with Crippen LogP contribution in [-0.4, -0.2) is 0 Å². The molecule has 5 heteroatoms. The van der Waals surface area contributed by atoms with E-state index in [0.717, 1.165) is 84.1 Å². The Morgan fingerprint density at radius 3 is 0.932 bits per heavy atom. The van der Waals surface area contributed by atoms with Gasteiger partial charge in [-0.15, -0.1) is 0 Å². The van der Waals surface area contributed by atoms with Crippen LogP contribution in [0.3, 0.4) is 0 Å². The van der Waals surface area contributed by atoms with Gasteiger partial charge in [0.05, 0.1) is 33.6 Å². The summed E-state index contributed by atoms with van der Waals surface area (Å²) in [7, 11) is 0. The van der Waals surface area contributed by atoms with E-state index in [9.17, 15) is 10.5 Å². The highest BCUT2D eigenvalue weighted by Crippen LogP contribution is 2.62. The number of fused-ring (bicyclic) bond motifs is 1. The van der Waals surface area contributed by atoms with E-state index < -0.39 is 11.1 Å². The van der Waals surface area contributed by atoms with Crippen LogP contribution in [0.5, 0.6) is 0 Å². The fourth-order valence-electron chi connectivity index (χ4n) is 11.3. The molecule has 10 aromatic rings. The Labute approximate surface area is 429 Å². The van der Waals surface area contributed by atoms with Crippen LogP contribution in [0.4, 0.5) is 39.8 Å². The molecule has 10 aromatic carbocycles. The molecule has 11 rings (SSSR count). The lowest BCUT2D eigenvalue weighted by Gasteiger charge is -2.44. The summed E-state index contributed by atoms with van der Waals surface area (Å²) >= 11 is 0. The van der Waals surface area contributed by atoms with Crippen LogP contribution in [0.15, 0.2) is 249 Å². The van der Waals surface area contributed by atoms with Gasteiger partial charge in [0.2, 0.25) is 0 Å². The third-order valence-electron chi connectivity index (χ3n) is 14.4. The summed E-state index contributed by atoms with van der Waals surface area (Å²) in [4.78, 5) is 6.93. The van der Waals surface area contributed by atoms with E-state index in [2.05, 4.69) is 273 Å². The average molecular weight is 940 g/mol. The number of anilines is 7. The van der Waals surface area contributed by atoms with Crippen molar-refractivity contribution in [3.8, 4) is 56.6 Å². The number of benzene rings is 10. The number of nitrogens with zero attached hydrogens (tertiary/aromatic N) is 5. The molecule has 0 bridgehead atoms. The topological polar surface area (TPSA) is 57.3 Å². The first-order valence-electron chi connectivity index (χ1n) is 24.8. The number of para-hydroxylation sites is 1. The fraction of sp³-hybridized carbons (Fsp3) is 0.0882. The molecule has 0 fully saturated rings. The SMILES string of the molecule is CC1(C)c2c(N(c3ccc(-c4ccccc4)cc3)c3cccc(-c4ccccc4)c3)c(C#N)c(C#N)c(N(c3ccc(-c4ccccc4)cc3)c3cccc(-c4ccccc4)c3)c2C(C)(C)N1c1ccccc1. The first kappa shape index (κ1) is 46.0. The van der Waals surface area contributed by atoms with Crippen molar-refractivity contribution >= 4 is 39.8 Å². The molecular formula is C68H53N5. The number of rotatable bonds is 11. The summed E-state index contributed by atoms with van der Waals surface area (Å²) in [5.41, 5.74) is 15.3. The average Bonchev–Trinajstić information content (AvgIpc) is 3.62. The van der Waals surface area contributed by atoms with E-state index in [4.69, 9.17) is 0 Å². The summed E-state index contributed by atoms with van der Waals surface area (Å²) in [5, 5.41) is 24.1. The molecule has 0 aromatic heterocycles. The van der Waals surface area contributed by atoms with Crippen molar-refractivity contribution in [1.82, 2.24) is 0 Å². The van der Waals surface area contributed by atoms with Crippen molar-refractivity contribution in [1.29, 1.82) is 10.5 Å².